The van der Waals surface area contributed by atoms with Gasteiger partial charge in [0, 0.05) is 30.2 Å². The van der Waals surface area contributed by atoms with Gasteiger partial charge >= 0.3 is 6.03 Å². The fourth-order valence-electron chi connectivity index (χ4n) is 4.34. The average Bonchev–Trinajstić information content (AvgIpc) is 3.57. The monoisotopic (exact) mass is 418 g/mol. The van der Waals surface area contributed by atoms with E-state index < -0.39 is 0 Å². The van der Waals surface area contributed by atoms with Gasteiger partial charge in [0.05, 0.1) is 17.5 Å². The van der Waals surface area contributed by atoms with Gasteiger partial charge in [-0.15, -0.1) is 0 Å². The Morgan fingerprint density at radius 2 is 1.90 bits per heavy atom. The van der Waals surface area contributed by atoms with Gasteiger partial charge in [0.15, 0.2) is 17.2 Å². The fourth-order valence-corrected chi connectivity index (χ4v) is 5.11. The molecule has 30 heavy (non-hydrogen) atoms. The first kappa shape index (κ1) is 17.4. The van der Waals surface area contributed by atoms with Gasteiger partial charge in [0.25, 0.3) is 0 Å². The smallest absolute Gasteiger partial charge is 0.323 e. The van der Waals surface area contributed by atoms with Crippen LogP contribution in [0.1, 0.15) is 6.42 Å². The van der Waals surface area contributed by atoms with Crippen molar-refractivity contribution in [2.24, 2.45) is 0 Å². The maximum atomic E-state index is 12.9. The normalized spacial score (nSPS) is 20.3. The third-order valence-electron chi connectivity index (χ3n) is 5.80. The fraction of sp³-hybridized carbons (Fsp3) is 0.238. The summed E-state index contributed by atoms with van der Waals surface area (Å²) in [5.74, 6) is 1.22. The van der Waals surface area contributed by atoms with E-state index in [2.05, 4.69) is 19.7 Å². The number of piperazine rings is 1. The molecule has 6 rings (SSSR count). The highest BCUT2D eigenvalue weighted by Gasteiger charge is 2.46. The Bertz CT molecular complexity index is 1220. The molecule has 2 aliphatic rings. The number of anilines is 2. The lowest BCUT2D eigenvalue weighted by Gasteiger charge is -2.33. The SMILES string of the molecule is O=C(Nc1noc2ccccc12)N1C[C@@H]2C[C@H]1CN2c1nc(-c2ccccc2)ns1. The number of urea groups is 1. The van der Waals surface area contributed by atoms with Crippen molar-refractivity contribution in [3.05, 3.63) is 54.6 Å². The molecule has 150 valence electrons. The number of para-hydroxylation sites is 1. The standard InChI is InChI=1S/C21H18N6O2S/c28-20(22-19-16-8-4-5-9-17(16)29-24-19)26-11-15-10-14(26)12-27(15)21-23-18(25-30-21)13-6-2-1-3-7-13/h1-9,14-15H,10-12H2,(H,22,24,28)/t14-,15-/m0/s1. The summed E-state index contributed by atoms with van der Waals surface area (Å²) >= 11 is 1.42. The van der Waals surface area contributed by atoms with E-state index in [-0.39, 0.29) is 18.1 Å². The molecule has 2 aromatic heterocycles. The maximum absolute atomic E-state index is 12.9. The molecule has 2 fully saturated rings. The summed E-state index contributed by atoms with van der Waals surface area (Å²) < 4.78 is 9.81. The predicted molar refractivity (Wildman–Crippen MR) is 115 cm³/mol. The zero-order chi connectivity index (χ0) is 20.1. The van der Waals surface area contributed by atoms with Crippen molar-refractivity contribution < 1.29 is 9.32 Å². The molecule has 2 aromatic carbocycles. The number of hydrogen-bond donors (Lipinski definition) is 1. The van der Waals surface area contributed by atoms with E-state index in [4.69, 9.17) is 9.51 Å². The first-order chi connectivity index (χ1) is 14.8. The number of nitrogens with zero attached hydrogens (tertiary/aromatic N) is 5. The van der Waals surface area contributed by atoms with Crippen molar-refractivity contribution in [1.82, 2.24) is 19.4 Å². The van der Waals surface area contributed by atoms with E-state index >= 15 is 0 Å². The highest BCUT2D eigenvalue weighted by molar-refractivity contribution is 7.09. The van der Waals surface area contributed by atoms with Gasteiger partial charge in [-0.25, -0.2) is 4.79 Å². The Balaban J connectivity index is 1.15. The molecule has 2 aliphatic heterocycles. The van der Waals surface area contributed by atoms with Crippen LogP contribution in [0.4, 0.5) is 15.7 Å². The molecule has 0 spiro atoms. The van der Waals surface area contributed by atoms with Gasteiger partial charge in [-0.3, -0.25) is 5.32 Å². The molecule has 0 saturated carbocycles. The van der Waals surface area contributed by atoms with Gasteiger partial charge < -0.3 is 14.3 Å². The first-order valence-corrected chi connectivity index (χ1v) is 10.6. The molecule has 4 heterocycles. The van der Waals surface area contributed by atoms with Crippen molar-refractivity contribution in [2.45, 2.75) is 18.5 Å². The lowest BCUT2D eigenvalue weighted by atomic mass is 10.2. The minimum Gasteiger partial charge on any atom is -0.354 e. The van der Waals surface area contributed by atoms with Gasteiger partial charge in [0.1, 0.15) is 0 Å². The Morgan fingerprint density at radius 1 is 1.07 bits per heavy atom. The molecule has 2 amide bonds. The van der Waals surface area contributed by atoms with Gasteiger partial charge in [0.2, 0.25) is 5.13 Å². The van der Waals surface area contributed by atoms with Gasteiger partial charge in [-0.1, -0.05) is 47.6 Å². The molecule has 8 nitrogen and oxygen atoms in total. The number of amides is 2. The van der Waals surface area contributed by atoms with Crippen LogP contribution in [-0.2, 0) is 0 Å². The second kappa shape index (κ2) is 6.81. The van der Waals surface area contributed by atoms with Gasteiger partial charge in [-0.2, -0.15) is 9.36 Å². The second-order valence-electron chi connectivity index (χ2n) is 7.57. The number of fused-ring (bicyclic) bond motifs is 3. The van der Waals surface area contributed by atoms with Crippen molar-refractivity contribution in [3.8, 4) is 11.4 Å². The first-order valence-electron chi connectivity index (χ1n) is 9.84. The lowest BCUT2D eigenvalue weighted by molar-refractivity contribution is 0.202. The Labute approximate surface area is 176 Å². The Hall–Kier alpha value is -3.46. The van der Waals surface area contributed by atoms with E-state index in [1.807, 2.05) is 59.5 Å². The highest BCUT2D eigenvalue weighted by atomic mass is 32.1. The zero-order valence-electron chi connectivity index (χ0n) is 15.9. The summed E-state index contributed by atoms with van der Waals surface area (Å²) in [5.41, 5.74) is 1.68. The van der Waals surface area contributed by atoms with E-state index in [0.717, 1.165) is 34.9 Å². The molecule has 0 aliphatic carbocycles. The van der Waals surface area contributed by atoms with Gasteiger partial charge in [-0.05, 0) is 18.6 Å². The minimum absolute atomic E-state index is 0.136. The highest BCUT2D eigenvalue weighted by Crippen LogP contribution is 2.36. The van der Waals surface area contributed by atoms with Crippen molar-refractivity contribution in [3.63, 3.8) is 0 Å². The van der Waals surface area contributed by atoms with Crippen LogP contribution >= 0.6 is 11.5 Å². The third-order valence-corrected chi connectivity index (χ3v) is 6.55. The average molecular weight is 418 g/mol. The molecule has 2 saturated heterocycles. The summed E-state index contributed by atoms with van der Waals surface area (Å²) in [7, 11) is 0. The number of benzene rings is 2. The molecular formula is C21H18N6O2S. The number of likely N-dealkylation sites (tertiary alicyclic amines) is 1. The summed E-state index contributed by atoms with van der Waals surface area (Å²) in [6.45, 7) is 1.42. The molecule has 1 N–H and O–H groups in total. The van der Waals surface area contributed by atoms with Crippen LogP contribution in [0.3, 0.4) is 0 Å². The number of carbonyl (C=O) groups is 1. The lowest BCUT2D eigenvalue weighted by Crippen LogP contribution is -2.50. The molecule has 0 radical (unpaired) electrons. The van der Waals surface area contributed by atoms with E-state index in [1.165, 1.54) is 11.5 Å². The molecule has 4 aromatic rings. The number of aromatic nitrogens is 3. The minimum atomic E-state index is -0.136. The molecule has 2 bridgehead atoms. The molecule has 9 heteroatoms. The zero-order valence-corrected chi connectivity index (χ0v) is 16.7. The van der Waals surface area contributed by atoms with Crippen LogP contribution in [0.2, 0.25) is 0 Å². The van der Waals surface area contributed by atoms with Crippen LogP contribution in [-0.4, -0.2) is 50.6 Å². The summed E-state index contributed by atoms with van der Waals surface area (Å²) in [6, 6.07) is 17.8. The number of carbonyl (C=O) groups excluding carboxylic acids is 1. The Morgan fingerprint density at radius 3 is 2.73 bits per heavy atom. The number of rotatable bonds is 3. The maximum Gasteiger partial charge on any atom is 0.323 e. The van der Waals surface area contributed by atoms with Crippen molar-refractivity contribution >= 4 is 39.5 Å². The second-order valence-corrected chi connectivity index (χ2v) is 8.30. The number of hydrogen-bond acceptors (Lipinski definition) is 7. The van der Waals surface area contributed by atoms with E-state index in [0.29, 0.717) is 17.9 Å². The molecular weight excluding hydrogens is 400 g/mol. The summed E-state index contributed by atoms with van der Waals surface area (Å²) in [5, 5.41) is 8.64. The molecule has 0 unspecified atom stereocenters. The summed E-state index contributed by atoms with van der Waals surface area (Å²) in [4.78, 5) is 21.8. The van der Waals surface area contributed by atoms with Crippen LogP contribution in [0.15, 0.2) is 59.1 Å². The molecule has 2 atom stereocenters. The van der Waals surface area contributed by atoms with Crippen LogP contribution < -0.4 is 10.2 Å². The predicted octanol–water partition coefficient (Wildman–Crippen LogP) is 3.84. The Kier molecular flexibility index (Phi) is 3.95. The van der Waals surface area contributed by atoms with E-state index in [1.54, 1.807) is 0 Å². The summed E-state index contributed by atoms with van der Waals surface area (Å²) in [6.07, 6.45) is 0.938. The van der Waals surface area contributed by atoms with E-state index in [9.17, 15) is 4.79 Å². The topological polar surface area (TPSA) is 87.4 Å². The van der Waals surface area contributed by atoms with Crippen LogP contribution in [0.25, 0.3) is 22.4 Å². The van der Waals surface area contributed by atoms with Crippen molar-refractivity contribution in [2.75, 3.05) is 23.3 Å². The largest absolute Gasteiger partial charge is 0.354 e. The van der Waals surface area contributed by atoms with Crippen LogP contribution in [0, 0.1) is 0 Å². The number of nitrogens with one attached hydrogen (secondary N) is 1. The van der Waals surface area contributed by atoms with Crippen molar-refractivity contribution in [1.29, 1.82) is 0 Å². The quantitative estimate of drug-likeness (QED) is 0.544. The van der Waals surface area contributed by atoms with Crippen LogP contribution in [0.5, 0.6) is 0 Å². The third kappa shape index (κ3) is 2.81.